The van der Waals surface area contributed by atoms with Crippen LogP contribution in [0.4, 0.5) is 0 Å². The quantitative estimate of drug-likeness (QED) is 0.806. The molecule has 0 aromatic carbocycles. The van der Waals surface area contributed by atoms with Crippen molar-refractivity contribution < 1.29 is 0 Å². The number of hydrogen-bond donors (Lipinski definition) is 1. The van der Waals surface area contributed by atoms with Gasteiger partial charge in [-0.1, -0.05) is 32.1 Å². The smallest absolute Gasteiger partial charge is 0.0900 e. The molecule has 1 heterocycles. The molecule has 3 heteroatoms. The summed E-state index contributed by atoms with van der Waals surface area (Å²) in [6.45, 7) is 6.37. The first-order chi connectivity index (χ1) is 8.25. The normalized spacial score (nSPS) is 17.5. The van der Waals surface area contributed by atoms with E-state index in [1.165, 1.54) is 60.6 Å². The monoisotopic (exact) mass is 252 g/mol. The van der Waals surface area contributed by atoms with Gasteiger partial charge in [0.2, 0.25) is 0 Å². The molecule has 0 amide bonds. The van der Waals surface area contributed by atoms with Crippen LogP contribution in [0.3, 0.4) is 0 Å². The fraction of sp³-hybridized carbons (Fsp3) is 0.786. The van der Waals surface area contributed by atoms with Gasteiger partial charge in [0.1, 0.15) is 0 Å². The molecule has 0 spiro atoms. The van der Waals surface area contributed by atoms with Crippen molar-refractivity contribution >= 4 is 11.3 Å². The van der Waals surface area contributed by atoms with Crippen LogP contribution in [0.2, 0.25) is 0 Å². The number of nitrogens with one attached hydrogen (secondary N) is 1. The Labute approximate surface area is 109 Å². The molecule has 0 saturated heterocycles. The highest BCUT2D eigenvalue weighted by atomic mass is 32.1. The third kappa shape index (κ3) is 4.07. The third-order valence-electron chi connectivity index (χ3n) is 3.74. The Morgan fingerprint density at radius 2 is 2.00 bits per heavy atom. The largest absolute Gasteiger partial charge is 0.312 e. The summed E-state index contributed by atoms with van der Waals surface area (Å²) in [5.41, 5.74) is 1.21. The maximum atomic E-state index is 4.46. The minimum Gasteiger partial charge on any atom is -0.312 e. The van der Waals surface area contributed by atoms with E-state index in [1.54, 1.807) is 0 Å². The molecule has 17 heavy (non-hydrogen) atoms. The molecule has 1 fully saturated rings. The van der Waals surface area contributed by atoms with E-state index >= 15 is 0 Å². The molecule has 0 aliphatic heterocycles. The van der Waals surface area contributed by atoms with Crippen LogP contribution in [-0.4, -0.2) is 11.5 Å². The Morgan fingerprint density at radius 1 is 1.24 bits per heavy atom. The fourth-order valence-corrected chi connectivity index (χ4v) is 3.63. The molecule has 1 N–H and O–H groups in total. The first-order valence-electron chi connectivity index (χ1n) is 6.89. The SMILES string of the molecule is Cc1nc(C)c(CNCCC2CCCCC2)s1. The molecule has 1 aromatic heterocycles. The number of nitrogens with zero attached hydrogens (tertiary/aromatic N) is 1. The summed E-state index contributed by atoms with van der Waals surface area (Å²) >= 11 is 1.83. The standard InChI is InChI=1S/C14H24N2S/c1-11-14(17-12(2)16-11)10-15-9-8-13-6-4-3-5-7-13/h13,15H,3-10H2,1-2H3. The Morgan fingerprint density at radius 3 is 2.65 bits per heavy atom. The molecular formula is C14H24N2S. The van der Waals surface area contributed by atoms with Gasteiger partial charge in [0.25, 0.3) is 0 Å². The van der Waals surface area contributed by atoms with Gasteiger partial charge in [-0.3, -0.25) is 0 Å². The van der Waals surface area contributed by atoms with E-state index in [9.17, 15) is 0 Å². The van der Waals surface area contributed by atoms with Crippen molar-refractivity contribution in [3.8, 4) is 0 Å². The zero-order valence-electron chi connectivity index (χ0n) is 11.1. The van der Waals surface area contributed by atoms with Crippen LogP contribution in [0.1, 0.15) is 54.1 Å². The minimum absolute atomic E-state index is 0.987. The Kier molecular flexibility index (Phi) is 4.99. The van der Waals surface area contributed by atoms with Gasteiger partial charge in [-0.25, -0.2) is 4.98 Å². The fourth-order valence-electron chi connectivity index (χ4n) is 2.72. The molecule has 2 nitrogen and oxygen atoms in total. The first-order valence-corrected chi connectivity index (χ1v) is 7.71. The van der Waals surface area contributed by atoms with Crippen LogP contribution in [0.5, 0.6) is 0 Å². The summed E-state index contributed by atoms with van der Waals surface area (Å²) in [6, 6.07) is 0. The molecule has 1 aliphatic rings. The predicted octanol–water partition coefficient (Wildman–Crippen LogP) is 3.82. The van der Waals surface area contributed by atoms with E-state index in [-0.39, 0.29) is 0 Å². The lowest BCUT2D eigenvalue weighted by Gasteiger charge is -2.21. The number of rotatable bonds is 5. The molecular weight excluding hydrogens is 228 g/mol. The average molecular weight is 252 g/mol. The van der Waals surface area contributed by atoms with Crippen molar-refractivity contribution in [3.63, 3.8) is 0 Å². The van der Waals surface area contributed by atoms with Crippen LogP contribution in [0, 0.1) is 19.8 Å². The average Bonchev–Trinajstić information content (AvgIpc) is 2.65. The molecule has 1 aromatic rings. The summed E-state index contributed by atoms with van der Waals surface area (Å²) in [6.07, 6.45) is 8.65. The van der Waals surface area contributed by atoms with Crippen molar-refractivity contribution in [2.24, 2.45) is 5.92 Å². The van der Waals surface area contributed by atoms with E-state index in [2.05, 4.69) is 24.1 Å². The topological polar surface area (TPSA) is 24.9 Å². The zero-order chi connectivity index (χ0) is 12.1. The summed E-state index contributed by atoms with van der Waals surface area (Å²) in [4.78, 5) is 5.87. The van der Waals surface area contributed by atoms with Crippen LogP contribution in [0.25, 0.3) is 0 Å². The van der Waals surface area contributed by atoms with E-state index in [0.29, 0.717) is 0 Å². The van der Waals surface area contributed by atoms with Crippen molar-refractivity contribution in [2.75, 3.05) is 6.54 Å². The second-order valence-electron chi connectivity index (χ2n) is 5.21. The molecule has 0 radical (unpaired) electrons. The number of aromatic nitrogens is 1. The molecule has 2 rings (SSSR count). The Balaban J connectivity index is 1.64. The predicted molar refractivity (Wildman–Crippen MR) is 74.5 cm³/mol. The Bertz CT molecular complexity index is 340. The summed E-state index contributed by atoms with van der Waals surface area (Å²) in [5, 5.41) is 4.76. The lowest BCUT2D eigenvalue weighted by Crippen LogP contribution is -2.19. The van der Waals surface area contributed by atoms with Crippen molar-refractivity contribution in [2.45, 2.75) is 58.9 Å². The third-order valence-corrected chi connectivity index (χ3v) is 4.81. The van der Waals surface area contributed by atoms with Gasteiger partial charge >= 0.3 is 0 Å². The lowest BCUT2D eigenvalue weighted by atomic mass is 9.87. The van der Waals surface area contributed by atoms with Gasteiger partial charge in [0.15, 0.2) is 0 Å². The Hall–Kier alpha value is -0.410. The van der Waals surface area contributed by atoms with Crippen LogP contribution >= 0.6 is 11.3 Å². The summed E-state index contributed by atoms with van der Waals surface area (Å²) < 4.78 is 0. The zero-order valence-corrected chi connectivity index (χ0v) is 11.9. The van der Waals surface area contributed by atoms with Gasteiger partial charge in [-0.15, -0.1) is 11.3 Å². The number of thiazole rings is 1. The molecule has 1 saturated carbocycles. The highest BCUT2D eigenvalue weighted by Crippen LogP contribution is 2.25. The molecule has 96 valence electrons. The van der Waals surface area contributed by atoms with Gasteiger partial charge in [-0.2, -0.15) is 0 Å². The molecule has 0 unspecified atom stereocenters. The van der Waals surface area contributed by atoms with Crippen LogP contribution in [0.15, 0.2) is 0 Å². The van der Waals surface area contributed by atoms with E-state index < -0.39 is 0 Å². The van der Waals surface area contributed by atoms with Crippen molar-refractivity contribution in [3.05, 3.63) is 15.6 Å². The molecule has 0 bridgehead atoms. The highest BCUT2D eigenvalue weighted by Gasteiger charge is 2.12. The van der Waals surface area contributed by atoms with Gasteiger partial charge in [0, 0.05) is 11.4 Å². The van der Waals surface area contributed by atoms with Crippen LogP contribution < -0.4 is 5.32 Å². The summed E-state index contributed by atoms with van der Waals surface area (Å²) in [7, 11) is 0. The lowest BCUT2D eigenvalue weighted by molar-refractivity contribution is 0.334. The van der Waals surface area contributed by atoms with Gasteiger partial charge < -0.3 is 5.32 Å². The van der Waals surface area contributed by atoms with Crippen LogP contribution in [-0.2, 0) is 6.54 Å². The second kappa shape index (κ2) is 6.50. The van der Waals surface area contributed by atoms with Gasteiger partial charge in [-0.05, 0) is 32.7 Å². The summed E-state index contributed by atoms with van der Waals surface area (Å²) in [5.74, 6) is 0.987. The second-order valence-corrected chi connectivity index (χ2v) is 6.50. The maximum Gasteiger partial charge on any atom is 0.0900 e. The van der Waals surface area contributed by atoms with Crippen molar-refractivity contribution in [1.82, 2.24) is 10.3 Å². The van der Waals surface area contributed by atoms with E-state index in [4.69, 9.17) is 0 Å². The molecule has 0 atom stereocenters. The molecule has 1 aliphatic carbocycles. The van der Waals surface area contributed by atoms with E-state index in [0.717, 1.165) is 12.5 Å². The van der Waals surface area contributed by atoms with Gasteiger partial charge in [0.05, 0.1) is 10.7 Å². The minimum atomic E-state index is 0.987. The van der Waals surface area contributed by atoms with Crippen molar-refractivity contribution in [1.29, 1.82) is 0 Å². The number of aryl methyl sites for hydroxylation is 2. The van der Waals surface area contributed by atoms with E-state index in [1.807, 2.05) is 11.3 Å². The highest BCUT2D eigenvalue weighted by molar-refractivity contribution is 7.11. The first kappa shape index (κ1) is 13.0. The number of hydrogen-bond acceptors (Lipinski definition) is 3. The maximum absolute atomic E-state index is 4.46.